The van der Waals surface area contributed by atoms with Gasteiger partial charge in [-0.3, -0.25) is 4.79 Å². The third-order valence-corrected chi connectivity index (χ3v) is 2.59. The zero-order chi connectivity index (χ0) is 13.0. The van der Waals surface area contributed by atoms with Gasteiger partial charge in [-0.15, -0.1) is 6.58 Å². The number of esters is 1. The van der Waals surface area contributed by atoms with Crippen molar-refractivity contribution in [1.29, 1.82) is 0 Å². The van der Waals surface area contributed by atoms with Gasteiger partial charge in [-0.05, 0) is 36.1 Å². The van der Waals surface area contributed by atoms with E-state index in [0.717, 1.165) is 11.1 Å². The predicted molar refractivity (Wildman–Crippen MR) is 70.1 cm³/mol. The van der Waals surface area contributed by atoms with Crippen molar-refractivity contribution in [3.05, 3.63) is 48.9 Å². The van der Waals surface area contributed by atoms with E-state index in [1.807, 2.05) is 12.1 Å². The smallest absolute Gasteiger partial charge is 0.308 e. The highest BCUT2D eigenvalue weighted by atomic mass is 16.5. The van der Waals surface area contributed by atoms with E-state index < -0.39 is 0 Å². The number of rotatable bonds is 4. The van der Waals surface area contributed by atoms with Gasteiger partial charge in [0.25, 0.3) is 0 Å². The fraction of sp³-hybridized carbons (Fsp3) is 0.333. The first-order valence-electron chi connectivity index (χ1n) is 5.73. The molecular formula is C15H19O2. The van der Waals surface area contributed by atoms with Gasteiger partial charge in [0.2, 0.25) is 0 Å². The van der Waals surface area contributed by atoms with Gasteiger partial charge in [-0.2, -0.15) is 0 Å². The van der Waals surface area contributed by atoms with Crippen molar-refractivity contribution in [2.75, 3.05) is 0 Å². The lowest BCUT2D eigenvalue weighted by atomic mass is 9.94. The van der Waals surface area contributed by atoms with Gasteiger partial charge >= 0.3 is 5.97 Å². The Labute approximate surface area is 103 Å². The van der Waals surface area contributed by atoms with E-state index >= 15 is 0 Å². The van der Waals surface area contributed by atoms with Crippen molar-refractivity contribution in [2.45, 2.75) is 32.6 Å². The quantitative estimate of drug-likeness (QED) is 0.447. The summed E-state index contributed by atoms with van der Waals surface area (Å²) in [5, 5.41) is 0. The fourth-order valence-electron chi connectivity index (χ4n) is 1.55. The summed E-state index contributed by atoms with van der Waals surface area (Å²) in [4.78, 5) is 11.0. The van der Waals surface area contributed by atoms with Crippen molar-refractivity contribution < 1.29 is 9.53 Å². The molecule has 0 aromatic heterocycles. The maximum atomic E-state index is 11.0. The Morgan fingerprint density at radius 3 is 2.35 bits per heavy atom. The lowest BCUT2D eigenvalue weighted by Crippen LogP contribution is -2.03. The molecule has 0 bridgehead atoms. The van der Waals surface area contributed by atoms with Crippen LogP contribution in [0.2, 0.25) is 0 Å². The molecule has 0 aliphatic carbocycles. The molecule has 1 atom stereocenters. The zero-order valence-electron chi connectivity index (χ0n) is 10.7. The average molecular weight is 231 g/mol. The molecule has 1 aromatic rings. The van der Waals surface area contributed by atoms with Crippen molar-refractivity contribution in [3.63, 3.8) is 0 Å². The van der Waals surface area contributed by atoms with Crippen LogP contribution in [-0.2, 0) is 4.79 Å². The molecule has 1 aromatic carbocycles. The highest BCUT2D eigenvalue weighted by Gasteiger charge is 2.09. The van der Waals surface area contributed by atoms with Crippen molar-refractivity contribution in [2.24, 2.45) is 0 Å². The summed E-state index contributed by atoms with van der Waals surface area (Å²) < 4.78 is 5.14. The number of hydrogen-bond acceptors (Lipinski definition) is 2. The number of carbonyl (C=O) groups is 1. The third-order valence-electron chi connectivity index (χ3n) is 2.59. The average Bonchev–Trinajstić information content (AvgIpc) is 2.26. The molecule has 1 unspecified atom stereocenters. The van der Waals surface area contributed by atoms with E-state index in [-0.39, 0.29) is 11.9 Å². The van der Waals surface area contributed by atoms with Crippen LogP contribution in [0.3, 0.4) is 0 Å². The molecule has 17 heavy (non-hydrogen) atoms. The summed E-state index contributed by atoms with van der Waals surface area (Å²) in [6.07, 6.45) is 1.77. The van der Waals surface area contributed by atoms with Crippen molar-refractivity contribution in [1.82, 2.24) is 0 Å². The van der Waals surface area contributed by atoms with Crippen LogP contribution >= 0.6 is 0 Å². The highest BCUT2D eigenvalue weighted by Crippen LogP contribution is 2.27. The number of carbonyl (C=O) groups excluding carboxylic acids is 1. The predicted octanol–water partition coefficient (Wildman–Crippen LogP) is 3.84. The standard InChI is InChI=1S/C15H19O2/c1-6-11(4)14-7-13(10(2)3)8-15(9-14)17-12(5)16/h6-11H,1,4H2,2-3,5H3. The van der Waals surface area contributed by atoms with Gasteiger partial charge in [0.1, 0.15) is 5.75 Å². The van der Waals surface area contributed by atoms with E-state index in [4.69, 9.17) is 4.74 Å². The minimum atomic E-state index is -0.309. The highest BCUT2D eigenvalue weighted by molar-refractivity contribution is 5.69. The van der Waals surface area contributed by atoms with Crippen LogP contribution < -0.4 is 4.74 Å². The van der Waals surface area contributed by atoms with Crippen LogP contribution in [0.15, 0.2) is 30.9 Å². The summed E-state index contributed by atoms with van der Waals surface area (Å²) in [6.45, 7) is 13.3. The van der Waals surface area contributed by atoms with Crippen LogP contribution in [-0.4, -0.2) is 5.97 Å². The molecule has 0 N–H and O–H groups in total. The second kappa shape index (κ2) is 5.67. The summed E-state index contributed by atoms with van der Waals surface area (Å²) in [5.74, 6) is 0.648. The molecule has 0 saturated heterocycles. The molecule has 0 amide bonds. The Morgan fingerprint density at radius 1 is 1.29 bits per heavy atom. The topological polar surface area (TPSA) is 26.3 Å². The number of ether oxygens (including phenoxy) is 1. The Kier molecular flexibility index (Phi) is 4.50. The summed E-state index contributed by atoms with van der Waals surface area (Å²) in [7, 11) is 0. The number of allylic oxidation sites excluding steroid dienone is 1. The summed E-state index contributed by atoms with van der Waals surface area (Å²) in [5.41, 5.74) is 2.15. The van der Waals surface area contributed by atoms with E-state index in [2.05, 4.69) is 33.4 Å². The van der Waals surface area contributed by atoms with E-state index in [9.17, 15) is 4.79 Å². The minimum Gasteiger partial charge on any atom is -0.427 e. The SMILES string of the molecule is [CH2]C(C=C)c1cc(OC(C)=O)cc(C(C)C)c1. The molecule has 2 nitrogen and oxygen atoms in total. The van der Waals surface area contributed by atoms with Gasteiger partial charge in [-0.25, -0.2) is 0 Å². The van der Waals surface area contributed by atoms with Crippen LogP contribution in [0, 0.1) is 6.92 Å². The first kappa shape index (κ1) is 13.5. The Bertz CT molecular complexity index is 419. The third kappa shape index (κ3) is 3.74. The first-order valence-corrected chi connectivity index (χ1v) is 5.73. The maximum Gasteiger partial charge on any atom is 0.308 e. The summed E-state index contributed by atoms with van der Waals surface area (Å²) >= 11 is 0. The molecule has 0 spiro atoms. The van der Waals surface area contributed by atoms with Gasteiger partial charge in [0.15, 0.2) is 0 Å². The molecule has 0 heterocycles. The zero-order valence-corrected chi connectivity index (χ0v) is 10.7. The van der Waals surface area contributed by atoms with Gasteiger partial charge in [0.05, 0.1) is 0 Å². The van der Waals surface area contributed by atoms with Gasteiger partial charge < -0.3 is 4.74 Å². The molecule has 0 fully saturated rings. The molecule has 1 rings (SSSR count). The lowest BCUT2D eigenvalue weighted by Gasteiger charge is -2.14. The van der Waals surface area contributed by atoms with Crippen LogP contribution in [0.5, 0.6) is 5.75 Å². The molecule has 0 aliphatic heterocycles. The molecule has 1 radical (unpaired) electrons. The summed E-state index contributed by atoms with van der Waals surface area (Å²) in [6, 6.07) is 5.81. The number of hydrogen-bond donors (Lipinski definition) is 0. The normalized spacial score (nSPS) is 12.3. The fourth-order valence-corrected chi connectivity index (χ4v) is 1.55. The minimum absolute atomic E-state index is 0.00279. The van der Waals surface area contributed by atoms with Crippen LogP contribution in [0.1, 0.15) is 43.7 Å². The number of benzene rings is 1. The van der Waals surface area contributed by atoms with Crippen LogP contribution in [0.4, 0.5) is 0 Å². The largest absolute Gasteiger partial charge is 0.427 e. The molecule has 91 valence electrons. The van der Waals surface area contributed by atoms with E-state index in [1.54, 1.807) is 6.08 Å². The Morgan fingerprint density at radius 2 is 1.88 bits per heavy atom. The Hall–Kier alpha value is -1.57. The lowest BCUT2D eigenvalue weighted by molar-refractivity contribution is -0.131. The molecule has 0 aliphatic rings. The molecular weight excluding hydrogens is 212 g/mol. The van der Waals surface area contributed by atoms with Gasteiger partial charge in [0, 0.05) is 12.8 Å². The molecule has 2 heteroatoms. The van der Waals surface area contributed by atoms with E-state index in [0.29, 0.717) is 11.7 Å². The first-order chi connectivity index (χ1) is 7.93. The second-order valence-electron chi connectivity index (χ2n) is 4.43. The second-order valence-corrected chi connectivity index (χ2v) is 4.43. The van der Waals surface area contributed by atoms with E-state index in [1.165, 1.54) is 6.92 Å². The van der Waals surface area contributed by atoms with Gasteiger partial charge in [-0.1, -0.05) is 26.0 Å². The monoisotopic (exact) mass is 231 g/mol. The Balaban J connectivity index is 3.17. The molecule has 0 saturated carbocycles. The van der Waals surface area contributed by atoms with Crippen molar-refractivity contribution >= 4 is 5.97 Å². The maximum absolute atomic E-state index is 11.0. The van der Waals surface area contributed by atoms with Crippen LogP contribution in [0.25, 0.3) is 0 Å². The van der Waals surface area contributed by atoms with Crippen molar-refractivity contribution in [3.8, 4) is 5.75 Å².